The molecular formula is C15H19Cl2NO2. The molecule has 2 rings (SSSR count). The molecule has 0 radical (unpaired) electrons. The Morgan fingerprint density at radius 1 is 1.30 bits per heavy atom. The van der Waals surface area contributed by atoms with Crippen LogP contribution in [0.3, 0.4) is 0 Å². The molecule has 0 saturated heterocycles. The van der Waals surface area contributed by atoms with Gasteiger partial charge in [-0.2, -0.15) is 0 Å². The standard InChI is InChI=1S/C15H18ClNO2.ClH/c1-10-3-4-12(7-14(10)16)15-6-5-13(19-15)9-17-8-11(2)18;/h3-7,11,17-18H,8-9H2,1-2H3;1H. The van der Waals surface area contributed by atoms with E-state index >= 15 is 0 Å². The number of furan rings is 1. The Labute approximate surface area is 130 Å². The zero-order valence-electron chi connectivity index (χ0n) is 11.5. The zero-order chi connectivity index (χ0) is 13.8. The van der Waals surface area contributed by atoms with Gasteiger partial charge in [0, 0.05) is 17.1 Å². The molecule has 0 bridgehead atoms. The van der Waals surface area contributed by atoms with Gasteiger partial charge in [-0.05, 0) is 37.6 Å². The van der Waals surface area contributed by atoms with Gasteiger partial charge in [-0.25, -0.2) is 0 Å². The van der Waals surface area contributed by atoms with E-state index in [0.29, 0.717) is 13.1 Å². The highest BCUT2D eigenvalue weighted by atomic mass is 35.5. The van der Waals surface area contributed by atoms with Gasteiger partial charge in [-0.1, -0.05) is 23.7 Å². The highest BCUT2D eigenvalue weighted by molar-refractivity contribution is 6.31. The highest BCUT2D eigenvalue weighted by Gasteiger charge is 2.06. The van der Waals surface area contributed by atoms with Gasteiger partial charge in [0.2, 0.25) is 0 Å². The van der Waals surface area contributed by atoms with Crippen LogP contribution in [-0.4, -0.2) is 17.8 Å². The first kappa shape index (κ1) is 17.1. The predicted octanol–water partition coefficient (Wildman–Crippen LogP) is 3.80. The number of hydrogen-bond acceptors (Lipinski definition) is 3. The normalized spacial score (nSPS) is 12.0. The van der Waals surface area contributed by atoms with E-state index in [1.807, 2.05) is 37.3 Å². The van der Waals surface area contributed by atoms with Crippen molar-refractivity contribution in [2.24, 2.45) is 0 Å². The van der Waals surface area contributed by atoms with E-state index < -0.39 is 0 Å². The second kappa shape index (κ2) is 7.70. The molecule has 3 nitrogen and oxygen atoms in total. The fraction of sp³-hybridized carbons (Fsp3) is 0.333. The van der Waals surface area contributed by atoms with Crippen molar-refractivity contribution in [2.75, 3.05) is 6.54 Å². The van der Waals surface area contributed by atoms with E-state index in [2.05, 4.69) is 5.32 Å². The molecule has 0 aliphatic rings. The maximum absolute atomic E-state index is 9.16. The molecule has 110 valence electrons. The summed E-state index contributed by atoms with van der Waals surface area (Å²) in [5.41, 5.74) is 2.02. The highest BCUT2D eigenvalue weighted by Crippen LogP contribution is 2.26. The van der Waals surface area contributed by atoms with Crippen molar-refractivity contribution in [3.63, 3.8) is 0 Å². The van der Waals surface area contributed by atoms with E-state index in [-0.39, 0.29) is 18.5 Å². The van der Waals surface area contributed by atoms with Crippen LogP contribution in [0.2, 0.25) is 5.02 Å². The van der Waals surface area contributed by atoms with E-state index in [9.17, 15) is 0 Å². The summed E-state index contributed by atoms with van der Waals surface area (Å²) in [6, 6.07) is 9.74. The third-order valence-corrected chi connectivity index (χ3v) is 3.26. The van der Waals surface area contributed by atoms with E-state index in [0.717, 1.165) is 27.7 Å². The Hall–Kier alpha value is -1.00. The van der Waals surface area contributed by atoms with E-state index in [1.54, 1.807) is 6.92 Å². The smallest absolute Gasteiger partial charge is 0.134 e. The molecule has 1 unspecified atom stereocenters. The maximum atomic E-state index is 9.16. The summed E-state index contributed by atoms with van der Waals surface area (Å²) in [4.78, 5) is 0. The molecule has 0 amide bonds. The van der Waals surface area contributed by atoms with Gasteiger partial charge in [0.1, 0.15) is 11.5 Å². The molecule has 2 aromatic rings. The number of halogens is 2. The summed E-state index contributed by atoms with van der Waals surface area (Å²) in [6.07, 6.45) is -0.356. The molecule has 0 aliphatic heterocycles. The predicted molar refractivity (Wildman–Crippen MR) is 84.5 cm³/mol. The van der Waals surface area contributed by atoms with E-state index in [4.69, 9.17) is 21.1 Å². The lowest BCUT2D eigenvalue weighted by Crippen LogP contribution is -2.23. The zero-order valence-corrected chi connectivity index (χ0v) is 13.1. The average Bonchev–Trinajstić information content (AvgIpc) is 2.81. The van der Waals surface area contributed by atoms with Crippen molar-refractivity contribution < 1.29 is 9.52 Å². The number of benzene rings is 1. The molecule has 5 heteroatoms. The minimum absolute atomic E-state index is 0. The Balaban J connectivity index is 0.00000200. The lowest BCUT2D eigenvalue weighted by molar-refractivity contribution is 0.190. The summed E-state index contributed by atoms with van der Waals surface area (Å²) in [5, 5.41) is 13.0. The molecule has 1 aromatic carbocycles. The maximum Gasteiger partial charge on any atom is 0.134 e. The van der Waals surface area contributed by atoms with Crippen molar-refractivity contribution >= 4 is 24.0 Å². The summed E-state index contributed by atoms with van der Waals surface area (Å²) in [5.74, 6) is 1.64. The van der Waals surface area contributed by atoms with Crippen molar-refractivity contribution in [3.8, 4) is 11.3 Å². The number of aryl methyl sites for hydroxylation is 1. The topological polar surface area (TPSA) is 45.4 Å². The molecule has 1 heterocycles. The molecular weight excluding hydrogens is 297 g/mol. The minimum Gasteiger partial charge on any atom is -0.460 e. The van der Waals surface area contributed by atoms with Gasteiger partial charge in [0.25, 0.3) is 0 Å². The van der Waals surface area contributed by atoms with Crippen LogP contribution in [-0.2, 0) is 6.54 Å². The third-order valence-electron chi connectivity index (χ3n) is 2.86. The van der Waals surface area contributed by atoms with Gasteiger partial charge >= 0.3 is 0 Å². The summed E-state index contributed by atoms with van der Waals surface area (Å²) < 4.78 is 5.74. The van der Waals surface area contributed by atoms with Crippen molar-refractivity contribution in [2.45, 2.75) is 26.5 Å². The quantitative estimate of drug-likeness (QED) is 0.882. The van der Waals surface area contributed by atoms with Gasteiger partial charge in [0.05, 0.1) is 12.6 Å². The number of aliphatic hydroxyl groups is 1. The van der Waals surface area contributed by atoms with Gasteiger partial charge in [-0.15, -0.1) is 12.4 Å². The third kappa shape index (κ3) is 4.53. The molecule has 0 aliphatic carbocycles. The van der Waals surface area contributed by atoms with Crippen LogP contribution in [0.25, 0.3) is 11.3 Å². The fourth-order valence-electron chi connectivity index (χ4n) is 1.78. The lowest BCUT2D eigenvalue weighted by atomic mass is 10.1. The van der Waals surface area contributed by atoms with Crippen LogP contribution in [0.5, 0.6) is 0 Å². The Morgan fingerprint density at radius 2 is 2.05 bits per heavy atom. The number of aliphatic hydroxyl groups excluding tert-OH is 1. The Morgan fingerprint density at radius 3 is 2.70 bits per heavy atom. The summed E-state index contributed by atoms with van der Waals surface area (Å²) >= 11 is 6.11. The van der Waals surface area contributed by atoms with Crippen LogP contribution in [0.4, 0.5) is 0 Å². The Bertz CT molecular complexity index is 553. The van der Waals surface area contributed by atoms with Crippen LogP contribution >= 0.6 is 24.0 Å². The SMILES string of the molecule is Cc1ccc(-c2ccc(CNCC(C)O)o2)cc1Cl.Cl. The van der Waals surface area contributed by atoms with Gasteiger partial charge in [0.15, 0.2) is 0 Å². The average molecular weight is 316 g/mol. The van der Waals surface area contributed by atoms with Crippen LogP contribution in [0, 0.1) is 6.92 Å². The molecule has 0 spiro atoms. The molecule has 0 fully saturated rings. The number of nitrogens with one attached hydrogen (secondary N) is 1. The summed E-state index contributed by atoms with van der Waals surface area (Å²) in [7, 11) is 0. The minimum atomic E-state index is -0.356. The first-order valence-electron chi connectivity index (χ1n) is 6.30. The van der Waals surface area contributed by atoms with Crippen molar-refractivity contribution in [1.29, 1.82) is 0 Å². The molecule has 20 heavy (non-hydrogen) atoms. The second-order valence-electron chi connectivity index (χ2n) is 4.71. The van der Waals surface area contributed by atoms with Gasteiger partial charge < -0.3 is 14.8 Å². The molecule has 1 atom stereocenters. The fourth-order valence-corrected chi connectivity index (χ4v) is 1.96. The molecule has 0 saturated carbocycles. The first-order valence-corrected chi connectivity index (χ1v) is 6.68. The second-order valence-corrected chi connectivity index (χ2v) is 5.12. The van der Waals surface area contributed by atoms with Crippen molar-refractivity contribution in [1.82, 2.24) is 5.32 Å². The van der Waals surface area contributed by atoms with Crippen LogP contribution in [0.15, 0.2) is 34.7 Å². The molecule has 2 N–H and O–H groups in total. The lowest BCUT2D eigenvalue weighted by Gasteiger charge is -2.04. The van der Waals surface area contributed by atoms with E-state index in [1.165, 1.54) is 0 Å². The number of rotatable bonds is 5. The Kier molecular flexibility index (Phi) is 6.56. The largest absolute Gasteiger partial charge is 0.460 e. The van der Waals surface area contributed by atoms with Gasteiger partial charge in [-0.3, -0.25) is 0 Å². The number of hydrogen-bond donors (Lipinski definition) is 2. The summed E-state index contributed by atoms with van der Waals surface area (Å²) in [6.45, 7) is 4.87. The molecule has 1 aromatic heterocycles. The van der Waals surface area contributed by atoms with Crippen molar-refractivity contribution in [3.05, 3.63) is 46.7 Å². The van der Waals surface area contributed by atoms with Crippen LogP contribution in [0.1, 0.15) is 18.2 Å². The first-order chi connectivity index (χ1) is 9.06. The van der Waals surface area contributed by atoms with Crippen LogP contribution < -0.4 is 5.32 Å². The monoisotopic (exact) mass is 315 g/mol.